The third-order valence-electron chi connectivity index (χ3n) is 3.40. The lowest BCUT2D eigenvalue weighted by Gasteiger charge is -2.18. The minimum Gasteiger partial charge on any atom is -0.478 e. The molecule has 0 saturated heterocycles. The Balaban J connectivity index is 2.20. The quantitative estimate of drug-likeness (QED) is 0.907. The van der Waals surface area contributed by atoms with Crippen molar-refractivity contribution in [3.05, 3.63) is 64.2 Å². The molecular formula is C17H17ClO3. The second-order valence-electron chi connectivity index (χ2n) is 4.97. The van der Waals surface area contributed by atoms with Gasteiger partial charge in [-0.25, -0.2) is 4.79 Å². The highest BCUT2D eigenvalue weighted by molar-refractivity contribution is 6.30. The number of hydrogen-bond donors (Lipinski definition) is 1. The van der Waals surface area contributed by atoms with Crippen LogP contribution in [0.5, 0.6) is 5.75 Å². The molecule has 0 heterocycles. The normalized spacial score (nSPS) is 12.0. The van der Waals surface area contributed by atoms with E-state index in [0.29, 0.717) is 17.2 Å². The Morgan fingerprint density at radius 2 is 1.71 bits per heavy atom. The Hall–Kier alpha value is -2.00. The smallest absolute Gasteiger partial charge is 0.345 e. The molecule has 0 amide bonds. The third-order valence-corrected chi connectivity index (χ3v) is 3.65. The van der Waals surface area contributed by atoms with Gasteiger partial charge < -0.3 is 9.84 Å². The third kappa shape index (κ3) is 3.99. The number of aryl methyl sites for hydroxylation is 2. The fourth-order valence-corrected chi connectivity index (χ4v) is 2.34. The van der Waals surface area contributed by atoms with Gasteiger partial charge in [0.2, 0.25) is 0 Å². The molecule has 2 aromatic carbocycles. The Bertz CT molecular complexity index is 615. The number of rotatable bonds is 5. The summed E-state index contributed by atoms with van der Waals surface area (Å²) in [5, 5.41) is 9.97. The van der Waals surface area contributed by atoms with Gasteiger partial charge in [-0.3, -0.25) is 0 Å². The van der Waals surface area contributed by atoms with Crippen molar-refractivity contribution in [2.24, 2.45) is 0 Å². The molecule has 0 bridgehead atoms. The van der Waals surface area contributed by atoms with Crippen molar-refractivity contribution in [1.82, 2.24) is 0 Å². The number of aliphatic carboxylic acids is 1. The zero-order valence-electron chi connectivity index (χ0n) is 12.0. The first kappa shape index (κ1) is 15.4. The largest absolute Gasteiger partial charge is 0.478 e. The van der Waals surface area contributed by atoms with E-state index < -0.39 is 12.1 Å². The molecule has 2 rings (SSSR count). The van der Waals surface area contributed by atoms with Crippen molar-refractivity contribution in [3.63, 3.8) is 0 Å². The fourth-order valence-electron chi connectivity index (χ4n) is 2.21. The molecule has 4 heteroatoms. The van der Waals surface area contributed by atoms with Crippen LogP contribution in [0.4, 0.5) is 0 Å². The van der Waals surface area contributed by atoms with Crippen LogP contribution in [-0.2, 0) is 11.2 Å². The lowest BCUT2D eigenvalue weighted by Crippen LogP contribution is -2.30. The van der Waals surface area contributed by atoms with Gasteiger partial charge in [0.25, 0.3) is 0 Å². The average molecular weight is 305 g/mol. The fraction of sp³-hybridized carbons (Fsp3) is 0.235. The maximum Gasteiger partial charge on any atom is 0.345 e. The highest BCUT2D eigenvalue weighted by Crippen LogP contribution is 2.21. The Kier molecular flexibility index (Phi) is 4.86. The summed E-state index contributed by atoms with van der Waals surface area (Å²) in [6.45, 7) is 3.95. The van der Waals surface area contributed by atoms with Gasteiger partial charge in [-0.15, -0.1) is 0 Å². The summed E-state index contributed by atoms with van der Waals surface area (Å²) < 4.78 is 5.59. The maximum atomic E-state index is 11.4. The number of carbonyl (C=O) groups is 1. The molecule has 110 valence electrons. The molecule has 0 aliphatic rings. The summed E-state index contributed by atoms with van der Waals surface area (Å²) in [6, 6.07) is 12.6. The lowest BCUT2D eigenvalue weighted by molar-refractivity contribution is -0.145. The van der Waals surface area contributed by atoms with E-state index in [-0.39, 0.29) is 0 Å². The standard InChI is InChI=1S/C17H17ClO3/c1-11-4-3-5-12(2)15(11)10-16(17(19)20)21-14-8-6-13(18)7-9-14/h3-9,16H,10H2,1-2H3,(H,19,20)/t16-/m0/s1. The van der Waals surface area contributed by atoms with Gasteiger partial charge in [0.1, 0.15) is 5.75 Å². The predicted molar refractivity (Wildman–Crippen MR) is 83.1 cm³/mol. The van der Waals surface area contributed by atoms with Crippen LogP contribution in [0, 0.1) is 13.8 Å². The molecule has 2 aromatic rings. The van der Waals surface area contributed by atoms with Crippen molar-refractivity contribution in [3.8, 4) is 5.75 Å². The molecule has 0 aromatic heterocycles. The van der Waals surface area contributed by atoms with E-state index >= 15 is 0 Å². The highest BCUT2D eigenvalue weighted by Gasteiger charge is 2.21. The summed E-state index contributed by atoms with van der Waals surface area (Å²) in [4.78, 5) is 11.4. The molecule has 3 nitrogen and oxygen atoms in total. The maximum absolute atomic E-state index is 11.4. The Labute approximate surface area is 129 Å². The van der Waals surface area contributed by atoms with Gasteiger partial charge in [0.05, 0.1) is 0 Å². The van der Waals surface area contributed by atoms with Gasteiger partial charge in [0.15, 0.2) is 6.10 Å². The number of halogens is 1. The van der Waals surface area contributed by atoms with Crippen molar-refractivity contribution >= 4 is 17.6 Å². The second-order valence-corrected chi connectivity index (χ2v) is 5.41. The SMILES string of the molecule is Cc1cccc(C)c1C[C@H](Oc1ccc(Cl)cc1)C(=O)O. The first-order chi connectivity index (χ1) is 9.97. The van der Waals surface area contributed by atoms with Crippen molar-refractivity contribution in [2.75, 3.05) is 0 Å². The molecule has 0 radical (unpaired) electrons. The Morgan fingerprint density at radius 1 is 1.14 bits per heavy atom. The summed E-state index contributed by atoms with van der Waals surface area (Å²) >= 11 is 5.81. The highest BCUT2D eigenvalue weighted by atomic mass is 35.5. The topological polar surface area (TPSA) is 46.5 Å². The molecule has 0 spiro atoms. The zero-order valence-corrected chi connectivity index (χ0v) is 12.7. The molecular weight excluding hydrogens is 288 g/mol. The van der Waals surface area contributed by atoms with Gasteiger partial charge >= 0.3 is 5.97 Å². The first-order valence-electron chi connectivity index (χ1n) is 6.67. The van der Waals surface area contributed by atoms with E-state index in [1.165, 1.54) is 0 Å². The number of carboxylic acid groups (broad SMARTS) is 1. The van der Waals surface area contributed by atoms with E-state index in [2.05, 4.69) is 0 Å². The van der Waals surface area contributed by atoms with Crippen LogP contribution in [0.25, 0.3) is 0 Å². The van der Waals surface area contributed by atoms with Crippen LogP contribution < -0.4 is 4.74 Å². The predicted octanol–water partition coefficient (Wildman–Crippen LogP) is 4.03. The minimum atomic E-state index is -0.979. The molecule has 0 aliphatic heterocycles. The number of benzene rings is 2. The summed E-state index contributed by atoms with van der Waals surface area (Å²) in [6.07, 6.45) is -0.595. The van der Waals surface area contributed by atoms with E-state index in [1.807, 2.05) is 32.0 Å². The van der Waals surface area contributed by atoms with Crippen LogP contribution in [0.15, 0.2) is 42.5 Å². The van der Waals surface area contributed by atoms with Crippen molar-refractivity contribution in [2.45, 2.75) is 26.4 Å². The zero-order chi connectivity index (χ0) is 15.4. The van der Waals surface area contributed by atoms with Crippen molar-refractivity contribution < 1.29 is 14.6 Å². The van der Waals surface area contributed by atoms with Gasteiger partial charge in [-0.2, -0.15) is 0 Å². The minimum absolute atomic E-state index is 0.330. The molecule has 0 saturated carbocycles. The molecule has 0 aliphatic carbocycles. The first-order valence-corrected chi connectivity index (χ1v) is 7.05. The number of hydrogen-bond acceptors (Lipinski definition) is 2. The van der Waals surface area contributed by atoms with Crippen LogP contribution in [0.2, 0.25) is 5.02 Å². The van der Waals surface area contributed by atoms with Crippen LogP contribution in [-0.4, -0.2) is 17.2 Å². The summed E-state index contributed by atoms with van der Waals surface area (Å²) in [7, 11) is 0. The van der Waals surface area contributed by atoms with E-state index in [0.717, 1.165) is 16.7 Å². The van der Waals surface area contributed by atoms with Crippen LogP contribution in [0.1, 0.15) is 16.7 Å². The molecule has 0 unspecified atom stereocenters. The Morgan fingerprint density at radius 3 is 2.24 bits per heavy atom. The van der Waals surface area contributed by atoms with Crippen LogP contribution >= 0.6 is 11.6 Å². The number of ether oxygens (including phenoxy) is 1. The molecule has 1 atom stereocenters. The van der Waals surface area contributed by atoms with E-state index in [4.69, 9.17) is 16.3 Å². The summed E-state index contributed by atoms with van der Waals surface area (Å²) in [5.41, 5.74) is 3.15. The van der Waals surface area contributed by atoms with Crippen LogP contribution in [0.3, 0.4) is 0 Å². The molecule has 21 heavy (non-hydrogen) atoms. The summed E-state index contributed by atoms with van der Waals surface area (Å²) in [5.74, 6) is -0.481. The monoisotopic (exact) mass is 304 g/mol. The second kappa shape index (κ2) is 6.64. The van der Waals surface area contributed by atoms with E-state index in [1.54, 1.807) is 24.3 Å². The van der Waals surface area contributed by atoms with Gasteiger partial charge in [0, 0.05) is 11.4 Å². The number of carboxylic acids is 1. The molecule has 0 fully saturated rings. The van der Waals surface area contributed by atoms with Crippen molar-refractivity contribution in [1.29, 1.82) is 0 Å². The van der Waals surface area contributed by atoms with Gasteiger partial charge in [-0.05, 0) is 54.8 Å². The lowest BCUT2D eigenvalue weighted by atomic mass is 9.97. The van der Waals surface area contributed by atoms with Gasteiger partial charge in [-0.1, -0.05) is 29.8 Å². The molecule has 1 N–H and O–H groups in total. The average Bonchev–Trinajstić information content (AvgIpc) is 2.43. The van der Waals surface area contributed by atoms with E-state index in [9.17, 15) is 9.90 Å².